The first-order valence-electron chi connectivity index (χ1n) is 4.74. The first kappa shape index (κ1) is 12.9. The van der Waals surface area contributed by atoms with Crippen LogP contribution in [0.25, 0.3) is 0 Å². The van der Waals surface area contributed by atoms with Gasteiger partial charge < -0.3 is 10.4 Å². The molecule has 1 rings (SSSR count). The Morgan fingerprint density at radius 3 is 2.75 bits per heavy atom. The van der Waals surface area contributed by atoms with Crippen LogP contribution in [0.3, 0.4) is 0 Å². The number of hydrogen-bond donors (Lipinski definition) is 2. The average molecular weight is 247 g/mol. The number of benzene rings is 1. The summed E-state index contributed by atoms with van der Waals surface area (Å²) < 4.78 is 34.4. The third-order valence-corrected chi connectivity index (χ3v) is 2.95. The highest BCUT2D eigenvalue weighted by Crippen LogP contribution is 2.17. The summed E-state index contributed by atoms with van der Waals surface area (Å²) in [4.78, 5) is 0. The number of sulfone groups is 1. The maximum absolute atomic E-state index is 12.8. The Morgan fingerprint density at radius 1 is 1.44 bits per heavy atom. The first-order valence-corrected chi connectivity index (χ1v) is 6.80. The minimum absolute atomic E-state index is 0.00624. The SMILES string of the molecule is CS(=O)(=O)CCNCc1cc(F)ccc1O. The molecule has 90 valence electrons. The zero-order valence-corrected chi connectivity index (χ0v) is 9.72. The zero-order valence-electron chi connectivity index (χ0n) is 8.90. The molecule has 0 radical (unpaired) electrons. The molecule has 0 aliphatic carbocycles. The minimum atomic E-state index is -3.00. The van der Waals surface area contributed by atoms with Crippen LogP contribution in [-0.4, -0.2) is 32.1 Å². The Morgan fingerprint density at radius 2 is 2.12 bits per heavy atom. The van der Waals surface area contributed by atoms with Crippen LogP contribution >= 0.6 is 0 Å². The number of phenolic OH excluding ortho intramolecular Hbond substituents is 1. The summed E-state index contributed by atoms with van der Waals surface area (Å²) in [6.07, 6.45) is 1.15. The maximum atomic E-state index is 12.8. The molecule has 6 heteroatoms. The quantitative estimate of drug-likeness (QED) is 0.750. The summed E-state index contributed by atoms with van der Waals surface area (Å²) in [7, 11) is -3.00. The molecule has 0 bridgehead atoms. The van der Waals surface area contributed by atoms with Crippen LogP contribution in [0, 0.1) is 5.82 Å². The highest BCUT2D eigenvalue weighted by Gasteiger charge is 2.04. The Hall–Kier alpha value is -1.14. The number of aromatic hydroxyl groups is 1. The molecule has 16 heavy (non-hydrogen) atoms. The van der Waals surface area contributed by atoms with Gasteiger partial charge in [-0.15, -0.1) is 0 Å². The monoisotopic (exact) mass is 247 g/mol. The predicted molar refractivity (Wildman–Crippen MR) is 59.5 cm³/mol. The van der Waals surface area contributed by atoms with E-state index in [4.69, 9.17) is 0 Å². The van der Waals surface area contributed by atoms with Crippen molar-refractivity contribution in [3.63, 3.8) is 0 Å². The highest BCUT2D eigenvalue weighted by atomic mass is 32.2. The van der Waals surface area contributed by atoms with E-state index < -0.39 is 15.7 Å². The Kier molecular flexibility index (Phi) is 4.26. The standard InChI is InChI=1S/C10H14FNO3S/c1-16(14,15)5-4-12-7-8-6-9(11)2-3-10(8)13/h2-3,6,12-13H,4-5,7H2,1H3. The molecule has 0 spiro atoms. The molecule has 0 amide bonds. The van der Waals surface area contributed by atoms with Crippen molar-refractivity contribution in [3.05, 3.63) is 29.6 Å². The van der Waals surface area contributed by atoms with Gasteiger partial charge in [-0.05, 0) is 18.2 Å². The molecule has 0 fully saturated rings. The molecule has 0 heterocycles. The fourth-order valence-corrected chi connectivity index (χ4v) is 1.69. The van der Waals surface area contributed by atoms with Gasteiger partial charge in [0.2, 0.25) is 0 Å². The lowest BCUT2D eigenvalue weighted by atomic mass is 10.2. The molecule has 0 aliphatic heterocycles. The summed E-state index contributed by atoms with van der Waals surface area (Å²) in [5.41, 5.74) is 0.411. The second-order valence-electron chi connectivity index (χ2n) is 3.58. The van der Waals surface area contributed by atoms with Crippen LogP contribution in [-0.2, 0) is 16.4 Å². The topological polar surface area (TPSA) is 66.4 Å². The van der Waals surface area contributed by atoms with E-state index in [2.05, 4.69) is 5.32 Å². The maximum Gasteiger partial charge on any atom is 0.148 e. The van der Waals surface area contributed by atoms with E-state index in [0.29, 0.717) is 5.56 Å². The number of nitrogens with one attached hydrogen (secondary N) is 1. The predicted octanol–water partition coefficient (Wildman–Crippen LogP) is 0.665. The summed E-state index contributed by atoms with van der Waals surface area (Å²) in [5.74, 6) is -0.422. The molecular formula is C10H14FNO3S. The number of phenols is 1. The fraction of sp³-hybridized carbons (Fsp3) is 0.400. The van der Waals surface area contributed by atoms with E-state index in [0.717, 1.165) is 12.3 Å². The summed E-state index contributed by atoms with van der Waals surface area (Å²) in [6.45, 7) is 0.508. The van der Waals surface area contributed by atoms with Crippen molar-refractivity contribution in [2.75, 3.05) is 18.6 Å². The normalized spacial score (nSPS) is 11.6. The van der Waals surface area contributed by atoms with Gasteiger partial charge in [0, 0.05) is 24.9 Å². The van der Waals surface area contributed by atoms with Crippen molar-refractivity contribution in [1.29, 1.82) is 0 Å². The number of rotatable bonds is 5. The molecular weight excluding hydrogens is 233 g/mol. The number of hydrogen-bond acceptors (Lipinski definition) is 4. The molecule has 0 atom stereocenters. The smallest absolute Gasteiger partial charge is 0.148 e. The third-order valence-electron chi connectivity index (χ3n) is 2.01. The van der Waals surface area contributed by atoms with E-state index >= 15 is 0 Å². The Labute approximate surface area is 94.0 Å². The van der Waals surface area contributed by atoms with Crippen LogP contribution in [0.2, 0.25) is 0 Å². The largest absolute Gasteiger partial charge is 0.508 e. The lowest BCUT2D eigenvalue weighted by molar-refractivity contribution is 0.462. The van der Waals surface area contributed by atoms with Crippen molar-refractivity contribution in [1.82, 2.24) is 5.32 Å². The molecule has 0 aromatic heterocycles. The molecule has 1 aromatic rings. The molecule has 4 nitrogen and oxygen atoms in total. The third kappa shape index (κ3) is 4.59. The fourth-order valence-electron chi connectivity index (χ4n) is 1.18. The van der Waals surface area contributed by atoms with Crippen molar-refractivity contribution < 1.29 is 17.9 Å². The lowest BCUT2D eigenvalue weighted by Crippen LogP contribution is -2.22. The molecule has 0 saturated carbocycles. The second-order valence-corrected chi connectivity index (χ2v) is 5.84. The molecule has 2 N–H and O–H groups in total. The van der Waals surface area contributed by atoms with E-state index in [9.17, 15) is 17.9 Å². The van der Waals surface area contributed by atoms with Crippen molar-refractivity contribution in [3.8, 4) is 5.75 Å². The first-order chi connectivity index (χ1) is 7.38. The van der Waals surface area contributed by atoms with E-state index in [1.165, 1.54) is 12.1 Å². The van der Waals surface area contributed by atoms with Gasteiger partial charge >= 0.3 is 0 Å². The van der Waals surface area contributed by atoms with Gasteiger partial charge in [-0.1, -0.05) is 0 Å². The Balaban J connectivity index is 2.46. The van der Waals surface area contributed by atoms with Gasteiger partial charge in [-0.3, -0.25) is 0 Å². The summed E-state index contributed by atoms with van der Waals surface area (Å²) >= 11 is 0. The van der Waals surface area contributed by atoms with Gasteiger partial charge in [-0.25, -0.2) is 12.8 Å². The van der Waals surface area contributed by atoms with Gasteiger partial charge in [-0.2, -0.15) is 0 Å². The summed E-state index contributed by atoms with van der Waals surface area (Å²) in [6, 6.07) is 3.64. The van der Waals surface area contributed by atoms with Crippen molar-refractivity contribution in [2.24, 2.45) is 0 Å². The number of halogens is 1. The van der Waals surface area contributed by atoms with Gasteiger partial charge in [0.1, 0.15) is 21.4 Å². The lowest BCUT2D eigenvalue weighted by Gasteiger charge is -2.06. The van der Waals surface area contributed by atoms with E-state index in [1.54, 1.807) is 0 Å². The molecule has 0 unspecified atom stereocenters. The van der Waals surface area contributed by atoms with Crippen LogP contribution in [0.4, 0.5) is 4.39 Å². The van der Waals surface area contributed by atoms with E-state index in [1.807, 2.05) is 0 Å². The highest BCUT2D eigenvalue weighted by molar-refractivity contribution is 7.90. The van der Waals surface area contributed by atoms with Crippen LogP contribution in [0.15, 0.2) is 18.2 Å². The Bertz CT molecular complexity index is 459. The van der Waals surface area contributed by atoms with Gasteiger partial charge in [0.15, 0.2) is 0 Å². The second kappa shape index (κ2) is 5.27. The van der Waals surface area contributed by atoms with Crippen LogP contribution in [0.5, 0.6) is 5.75 Å². The minimum Gasteiger partial charge on any atom is -0.508 e. The van der Waals surface area contributed by atoms with Crippen LogP contribution in [0.1, 0.15) is 5.56 Å². The van der Waals surface area contributed by atoms with Gasteiger partial charge in [0.25, 0.3) is 0 Å². The molecule has 0 saturated heterocycles. The van der Waals surface area contributed by atoms with Crippen molar-refractivity contribution in [2.45, 2.75) is 6.54 Å². The average Bonchev–Trinajstić information content (AvgIpc) is 2.16. The molecule has 1 aromatic carbocycles. The molecule has 0 aliphatic rings. The van der Waals surface area contributed by atoms with E-state index in [-0.39, 0.29) is 24.6 Å². The van der Waals surface area contributed by atoms with Crippen LogP contribution < -0.4 is 5.32 Å². The zero-order chi connectivity index (χ0) is 12.2. The summed E-state index contributed by atoms with van der Waals surface area (Å²) in [5, 5.41) is 12.2. The van der Waals surface area contributed by atoms with Crippen molar-refractivity contribution >= 4 is 9.84 Å². The van der Waals surface area contributed by atoms with Gasteiger partial charge in [0.05, 0.1) is 5.75 Å².